The fourth-order valence-electron chi connectivity index (χ4n) is 11.1. The Balaban J connectivity index is 1.10. The van der Waals surface area contributed by atoms with Crippen LogP contribution in [0.5, 0.6) is 0 Å². The molecule has 3 aliphatic carbocycles. The molecule has 286 valence electrons. The van der Waals surface area contributed by atoms with Gasteiger partial charge < -0.3 is 15.1 Å². The Morgan fingerprint density at radius 3 is 2.32 bits per heavy atom. The summed E-state index contributed by atoms with van der Waals surface area (Å²) in [5.41, 5.74) is 13.2. The zero-order chi connectivity index (χ0) is 38.9. The number of carbonyl (C=O) groups excluding carboxylic acids is 1. The molecular formula is C50H53N2O4+. The zero-order valence-corrected chi connectivity index (χ0v) is 33.2. The quantitative estimate of drug-likeness (QED) is 0.111. The van der Waals surface area contributed by atoms with E-state index in [0.717, 1.165) is 74.7 Å². The maximum atomic E-state index is 14.3. The fourth-order valence-corrected chi connectivity index (χ4v) is 11.1. The topological polar surface area (TPSA) is 80.9 Å². The minimum absolute atomic E-state index is 0.0230. The van der Waals surface area contributed by atoms with Crippen molar-refractivity contribution in [1.29, 1.82) is 0 Å². The summed E-state index contributed by atoms with van der Waals surface area (Å²) in [6.07, 6.45) is 11.1. The molecule has 0 bridgehead atoms. The predicted molar refractivity (Wildman–Crippen MR) is 225 cm³/mol. The van der Waals surface area contributed by atoms with Crippen molar-refractivity contribution in [2.24, 2.45) is 0 Å². The number of nitrogens with zero attached hydrogens (tertiary/aromatic N) is 2. The Bertz CT molecular complexity index is 2390. The molecule has 1 saturated carbocycles. The van der Waals surface area contributed by atoms with Crippen LogP contribution in [0.3, 0.4) is 0 Å². The average molecular weight is 746 g/mol. The number of ketones is 1. The highest BCUT2D eigenvalue weighted by atomic mass is 16.4. The van der Waals surface area contributed by atoms with Crippen LogP contribution in [0.15, 0.2) is 102 Å². The molecule has 56 heavy (non-hydrogen) atoms. The van der Waals surface area contributed by atoms with E-state index in [-0.39, 0.29) is 28.8 Å². The number of hydrogen-bond donors (Lipinski definition) is 2. The first-order chi connectivity index (χ1) is 27.1. The van der Waals surface area contributed by atoms with Gasteiger partial charge in [0.2, 0.25) is 11.5 Å². The molecule has 0 amide bonds. The summed E-state index contributed by atoms with van der Waals surface area (Å²) in [7, 11) is 0. The summed E-state index contributed by atoms with van der Waals surface area (Å²) in [5.74, 6) is -0.606. The molecule has 2 atom stereocenters. The summed E-state index contributed by atoms with van der Waals surface area (Å²) >= 11 is 0. The number of rotatable bonds is 12. The van der Waals surface area contributed by atoms with Crippen molar-refractivity contribution in [2.75, 3.05) is 11.4 Å². The Labute approximate surface area is 330 Å². The van der Waals surface area contributed by atoms with Crippen molar-refractivity contribution in [3.63, 3.8) is 0 Å². The van der Waals surface area contributed by atoms with Crippen LogP contribution in [0.25, 0.3) is 16.7 Å². The highest BCUT2D eigenvalue weighted by Crippen LogP contribution is 2.56. The van der Waals surface area contributed by atoms with Gasteiger partial charge in [0.15, 0.2) is 12.3 Å². The first kappa shape index (κ1) is 36.4. The van der Waals surface area contributed by atoms with Crippen LogP contribution < -0.4 is 4.90 Å². The maximum Gasteiger partial charge on any atom is 0.309 e. The van der Waals surface area contributed by atoms with Gasteiger partial charge in [-0.3, -0.25) is 9.59 Å². The summed E-state index contributed by atoms with van der Waals surface area (Å²) in [6, 6.07) is 30.8. The maximum absolute atomic E-state index is 14.3. The summed E-state index contributed by atoms with van der Waals surface area (Å²) < 4.78 is 2.11. The van der Waals surface area contributed by atoms with E-state index in [1.165, 1.54) is 44.8 Å². The minimum Gasteiger partial charge on any atom is -0.506 e. The van der Waals surface area contributed by atoms with Gasteiger partial charge in [-0.05, 0) is 83.3 Å². The van der Waals surface area contributed by atoms with E-state index in [9.17, 15) is 19.8 Å². The van der Waals surface area contributed by atoms with Crippen LogP contribution in [-0.2, 0) is 20.4 Å². The molecule has 9 rings (SSSR count). The molecule has 5 aliphatic rings. The van der Waals surface area contributed by atoms with Crippen molar-refractivity contribution >= 4 is 40.1 Å². The van der Waals surface area contributed by atoms with Crippen molar-refractivity contribution in [3.05, 3.63) is 130 Å². The third-order valence-electron chi connectivity index (χ3n) is 13.8. The molecule has 4 aromatic rings. The van der Waals surface area contributed by atoms with Gasteiger partial charge in [-0.1, -0.05) is 114 Å². The Morgan fingerprint density at radius 2 is 1.59 bits per heavy atom. The third-order valence-corrected chi connectivity index (χ3v) is 13.8. The van der Waals surface area contributed by atoms with Gasteiger partial charge in [0, 0.05) is 46.5 Å². The summed E-state index contributed by atoms with van der Waals surface area (Å²) in [5, 5.41) is 21.6. The van der Waals surface area contributed by atoms with E-state index in [0.29, 0.717) is 29.7 Å². The Kier molecular flexibility index (Phi) is 8.94. The SMILES string of the molecule is CCCCC1(CCCC)C(C=C2C(=O)C(c3ccc4c(c3)C3CCCC3N4c3ccc4c(c3)C(C)(C)c3ccccc3-4)=C2O)=[N+](CCC(=O)O)c2ccccc21. The molecule has 2 unspecified atom stereocenters. The molecule has 0 spiro atoms. The second kappa shape index (κ2) is 13.8. The van der Waals surface area contributed by atoms with Gasteiger partial charge in [0.1, 0.15) is 12.2 Å². The van der Waals surface area contributed by atoms with Gasteiger partial charge in [0.25, 0.3) is 0 Å². The normalized spacial score (nSPS) is 21.6. The van der Waals surface area contributed by atoms with Gasteiger partial charge in [-0.2, -0.15) is 4.58 Å². The number of anilines is 2. The molecule has 6 heteroatoms. The lowest BCUT2D eigenvalue weighted by molar-refractivity contribution is -0.436. The summed E-state index contributed by atoms with van der Waals surface area (Å²) in [6.45, 7) is 9.35. The highest BCUT2D eigenvalue weighted by Gasteiger charge is 2.52. The van der Waals surface area contributed by atoms with E-state index in [1.54, 1.807) is 0 Å². The number of carboxylic acids is 1. The first-order valence-electron chi connectivity index (χ1n) is 20.9. The molecule has 2 heterocycles. The number of benzene rings is 4. The smallest absolute Gasteiger partial charge is 0.309 e. The number of unbranched alkanes of at least 4 members (excludes halogenated alkanes) is 2. The van der Waals surface area contributed by atoms with Crippen LogP contribution in [0.2, 0.25) is 0 Å². The van der Waals surface area contributed by atoms with Gasteiger partial charge in [0.05, 0.1) is 16.6 Å². The number of allylic oxidation sites excluding steroid dienone is 3. The number of Topliss-reactive ketones (excluding diaryl/α,β-unsaturated/α-hetero) is 1. The Morgan fingerprint density at radius 1 is 0.875 bits per heavy atom. The highest BCUT2D eigenvalue weighted by molar-refractivity contribution is 6.40. The van der Waals surface area contributed by atoms with Crippen molar-refractivity contribution in [3.8, 4) is 11.1 Å². The minimum atomic E-state index is -0.857. The van der Waals surface area contributed by atoms with E-state index in [2.05, 4.69) is 110 Å². The Hall–Kier alpha value is -5.23. The predicted octanol–water partition coefficient (Wildman–Crippen LogP) is 11.5. The number of aliphatic carboxylic acids is 1. The lowest BCUT2D eigenvalue weighted by Crippen LogP contribution is -2.36. The largest absolute Gasteiger partial charge is 0.506 e. The third kappa shape index (κ3) is 5.38. The van der Waals surface area contributed by atoms with E-state index in [4.69, 9.17) is 0 Å². The second-order valence-electron chi connectivity index (χ2n) is 17.2. The van der Waals surface area contributed by atoms with Crippen LogP contribution in [0.4, 0.5) is 17.1 Å². The fraction of sp³-hybridized carbons (Fsp3) is 0.380. The molecule has 0 radical (unpaired) electrons. The number of para-hydroxylation sites is 1. The second-order valence-corrected chi connectivity index (χ2v) is 17.2. The first-order valence-corrected chi connectivity index (χ1v) is 20.9. The molecule has 2 N–H and O–H groups in total. The number of hydrogen-bond acceptors (Lipinski definition) is 4. The van der Waals surface area contributed by atoms with Gasteiger partial charge >= 0.3 is 5.97 Å². The molecule has 0 saturated heterocycles. The van der Waals surface area contributed by atoms with Crippen LogP contribution in [0, 0.1) is 0 Å². The number of aliphatic hydroxyl groups is 1. The standard InChI is InChI=1S/C50H52N2O4/c1-5-7-25-50(26-8-6-2)39-17-11-12-18-43(39)51(27-24-45(53)54)44(50)30-37-47(55)46(48(37)56)31-20-23-42-36(28-31)35-15-13-19-41(35)52(42)32-21-22-34-33-14-9-10-16-38(33)49(3,4)40(34)29-32/h9-12,14,16-18,20-23,28-30,35,41H,5-8,13,15,19,24-27H2,1-4H3,(H-,53,54,55,56)/p+1. The van der Waals surface area contributed by atoms with Gasteiger partial charge in [-0.15, -0.1) is 0 Å². The van der Waals surface area contributed by atoms with Crippen LogP contribution in [-0.4, -0.2) is 44.8 Å². The van der Waals surface area contributed by atoms with Crippen molar-refractivity contribution in [2.45, 2.75) is 115 Å². The zero-order valence-electron chi connectivity index (χ0n) is 33.2. The van der Waals surface area contributed by atoms with E-state index >= 15 is 0 Å². The molecular weight excluding hydrogens is 693 g/mol. The van der Waals surface area contributed by atoms with E-state index < -0.39 is 5.97 Å². The lowest BCUT2D eigenvalue weighted by atomic mass is 9.69. The number of carbonyl (C=O) groups is 2. The number of fused-ring (bicyclic) bond motifs is 7. The molecule has 1 fully saturated rings. The van der Waals surface area contributed by atoms with Crippen molar-refractivity contribution in [1.82, 2.24) is 0 Å². The molecule has 6 nitrogen and oxygen atoms in total. The summed E-state index contributed by atoms with van der Waals surface area (Å²) in [4.78, 5) is 28.7. The van der Waals surface area contributed by atoms with Gasteiger partial charge in [-0.25, -0.2) is 0 Å². The molecule has 0 aromatic heterocycles. The molecule has 4 aromatic carbocycles. The van der Waals surface area contributed by atoms with Crippen LogP contribution >= 0.6 is 0 Å². The average Bonchev–Trinajstić information content (AvgIpc) is 3.92. The monoisotopic (exact) mass is 745 g/mol. The number of aliphatic hydroxyl groups excluding tert-OH is 1. The molecule has 2 aliphatic heterocycles. The lowest BCUT2D eigenvalue weighted by Gasteiger charge is -2.30. The van der Waals surface area contributed by atoms with Crippen LogP contribution in [0.1, 0.15) is 126 Å². The number of carboxylic acid groups (broad SMARTS) is 1. The van der Waals surface area contributed by atoms with Crippen molar-refractivity contribution < 1.29 is 24.4 Å². The van der Waals surface area contributed by atoms with E-state index in [1.807, 2.05) is 18.2 Å².